The molecule has 6 nitrogen and oxygen atoms in total. The number of methoxy groups -OCH3 is 1. The molecular formula is C17H24FN3O3. The predicted molar refractivity (Wildman–Crippen MR) is 88.2 cm³/mol. The van der Waals surface area contributed by atoms with E-state index in [1.54, 1.807) is 4.90 Å². The Morgan fingerprint density at radius 1 is 1.21 bits per heavy atom. The maximum absolute atomic E-state index is 14.7. The third-order valence-electron chi connectivity index (χ3n) is 4.13. The van der Waals surface area contributed by atoms with Gasteiger partial charge in [0.2, 0.25) is 0 Å². The van der Waals surface area contributed by atoms with Gasteiger partial charge in [0.25, 0.3) is 5.91 Å². The van der Waals surface area contributed by atoms with Crippen LogP contribution in [0.15, 0.2) is 30.3 Å². The van der Waals surface area contributed by atoms with Crippen molar-refractivity contribution < 1.29 is 18.7 Å². The van der Waals surface area contributed by atoms with Crippen LogP contribution in [-0.4, -0.2) is 55.9 Å². The number of likely N-dealkylation sites (tertiary alicyclic amines) is 1. The monoisotopic (exact) mass is 337 g/mol. The fourth-order valence-corrected chi connectivity index (χ4v) is 2.60. The molecule has 0 atom stereocenters. The minimum atomic E-state index is -1.91. The van der Waals surface area contributed by atoms with Gasteiger partial charge in [-0.1, -0.05) is 30.3 Å². The van der Waals surface area contributed by atoms with Crippen molar-refractivity contribution >= 4 is 11.9 Å². The molecule has 0 spiro atoms. The van der Waals surface area contributed by atoms with E-state index in [2.05, 4.69) is 10.6 Å². The molecule has 3 amide bonds. The fraction of sp³-hybridized carbons (Fsp3) is 0.529. The van der Waals surface area contributed by atoms with Crippen LogP contribution in [0, 0.1) is 0 Å². The summed E-state index contributed by atoms with van der Waals surface area (Å²) in [7, 11) is 1.52. The zero-order valence-corrected chi connectivity index (χ0v) is 13.9. The SMILES string of the molecule is COCCNC(=O)C1(F)CCN(C(=O)NCc2ccccc2)CC1. The van der Waals surface area contributed by atoms with Gasteiger partial charge in [-0.15, -0.1) is 0 Å². The second-order valence-electron chi connectivity index (χ2n) is 5.85. The van der Waals surface area contributed by atoms with Crippen LogP contribution in [0.25, 0.3) is 0 Å². The van der Waals surface area contributed by atoms with Crippen LogP contribution in [0.4, 0.5) is 9.18 Å². The number of amides is 3. The zero-order valence-electron chi connectivity index (χ0n) is 13.9. The van der Waals surface area contributed by atoms with Gasteiger partial charge in [0.15, 0.2) is 5.67 Å². The van der Waals surface area contributed by atoms with Crippen LogP contribution in [0.3, 0.4) is 0 Å². The normalized spacial score (nSPS) is 16.5. The second kappa shape index (κ2) is 8.63. The van der Waals surface area contributed by atoms with E-state index in [0.29, 0.717) is 13.2 Å². The molecule has 132 valence electrons. The fourth-order valence-electron chi connectivity index (χ4n) is 2.60. The van der Waals surface area contributed by atoms with Crippen molar-refractivity contribution in [2.75, 3.05) is 33.4 Å². The predicted octanol–water partition coefficient (Wildman–Crippen LogP) is 1.46. The maximum Gasteiger partial charge on any atom is 0.317 e. The maximum atomic E-state index is 14.7. The number of hydrogen-bond donors (Lipinski definition) is 2. The van der Waals surface area contributed by atoms with Gasteiger partial charge in [-0.3, -0.25) is 4.79 Å². The molecule has 1 fully saturated rings. The van der Waals surface area contributed by atoms with Crippen LogP contribution >= 0.6 is 0 Å². The second-order valence-corrected chi connectivity index (χ2v) is 5.85. The lowest BCUT2D eigenvalue weighted by Gasteiger charge is -2.35. The Hall–Kier alpha value is -2.15. The number of carbonyl (C=O) groups excluding carboxylic acids is 2. The number of nitrogens with zero attached hydrogens (tertiary/aromatic N) is 1. The molecule has 7 heteroatoms. The van der Waals surface area contributed by atoms with Crippen LogP contribution < -0.4 is 10.6 Å². The van der Waals surface area contributed by atoms with Crippen LogP contribution in [-0.2, 0) is 16.1 Å². The first-order valence-electron chi connectivity index (χ1n) is 8.08. The number of urea groups is 1. The van der Waals surface area contributed by atoms with E-state index in [-0.39, 0.29) is 38.5 Å². The number of carbonyl (C=O) groups is 2. The van der Waals surface area contributed by atoms with Crippen molar-refractivity contribution in [1.82, 2.24) is 15.5 Å². The van der Waals surface area contributed by atoms with Gasteiger partial charge in [0.05, 0.1) is 6.61 Å². The van der Waals surface area contributed by atoms with Crippen molar-refractivity contribution in [3.63, 3.8) is 0 Å². The summed E-state index contributed by atoms with van der Waals surface area (Å²) in [4.78, 5) is 25.6. The summed E-state index contributed by atoms with van der Waals surface area (Å²) in [6.07, 6.45) is 0.00907. The summed E-state index contributed by atoms with van der Waals surface area (Å²) in [5.41, 5.74) is -0.913. The minimum Gasteiger partial charge on any atom is -0.383 e. The summed E-state index contributed by atoms with van der Waals surface area (Å²) >= 11 is 0. The number of alkyl halides is 1. The molecule has 1 saturated heterocycles. The molecule has 1 aromatic rings. The highest BCUT2D eigenvalue weighted by atomic mass is 19.1. The van der Waals surface area contributed by atoms with Gasteiger partial charge in [0.1, 0.15) is 0 Å². The van der Waals surface area contributed by atoms with E-state index in [1.807, 2.05) is 30.3 Å². The van der Waals surface area contributed by atoms with Crippen LogP contribution in [0.1, 0.15) is 18.4 Å². The molecule has 2 rings (SSSR count). The molecule has 0 saturated carbocycles. The molecule has 1 heterocycles. The summed E-state index contributed by atoms with van der Waals surface area (Å²) < 4.78 is 19.5. The number of piperidine rings is 1. The smallest absolute Gasteiger partial charge is 0.317 e. The third kappa shape index (κ3) is 4.92. The van der Waals surface area contributed by atoms with Crippen LogP contribution in [0.5, 0.6) is 0 Å². The first-order chi connectivity index (χ1) is 11.5. The number of rotatable bonds is 6. The Morgan fingerprint density at radius 3 is 2.50 bits per heavy atom. The van der Waals surface area contributed by atoms with Crippen molar-refractivity contribution in [3.8, 4) is 0 Å². The number of nitrogens with one attached hydrogen (secondary N) is 2. The van der Waals surface area contributed by atoms with Gasteiger partial charge in [-0.05, 0) is 5.56 Å². The van der Waals surface area contributed by atoms with Gasteiger partial charge in [-0.25, -0.2) is 9.18 Å². The van der Waals surface area contributed by atoms with Crippen molar-refractivity contribution in [2.24, 2.45) is 0 Å². The minimum absolute atomic E-state index is 0.00454. The standard InChI is InChI=1S/C17H24FN3O3/c1-24-12-9-19-15(22)17(18)7-10-21(11-8-17)16(23)20-13-14-5-3-2-4-6-14/h2-6H,7-13H2,1H3,(H,19,22)(H,20,23). The average Bonchev–Trinajstić information content (AvgIpc) is 2.61. The van der Waals surface area contributed by atoms with Crippen molar-refractivity contribution in [1.29, 1.82) is 0 Å². The number of ether oxygens (including phenoxy) is 1. The lowest BCUT2D eigenvalue weighted by molar-refractivity contribution is -0.135. The first-order valence-corrected chi connectivity index (χ1v) is 8.08. The lowest BCUT2D eigenvalue weighted by Crippen LogP contribution is -2.54. The number of benzene rings is 1. The molecule has 0 bridgehead atoms. The molecule has 0 aliphatic carbocycles. The Balaban J connectivity index is 1.76. The summed E-state index contributed by atoms with van der Waals surface area (Å²) in [5, 5.41) is 5.34. The molecule has 0 aromatic heterocycles. The summed E-state index contributed by atoms with van der Waals surface area (Å²) in [6, 6.07) is 9.33. The summed E-state index contributed by atoms with van der Waals surface area (Å²) in [5.74, 6) is -0.621. The third-order valence-corrected chi connectivity index (χ3v) is 4.13. The van der Waals surface area contributed by atoms with E-state index in [9.17, 15) is 14.0 Å². The van der Waals surface area contributed by atoms with E-state index in [4.69, 9.17) is 4.74 Å². The molecule has 2 N–H and O–H groups in total. The molecule has 1 aliphatic heterocycles. The number of hydrogen-bond acceptors (Lipinski definition) is 3. The molecule has 1 aliphatic rings. The highest BCUT2D eigenvalue weighted by Gasteiger charge is 2.42. The zero-order chi connectivity index (χ0) is 17.4. The van der Waals surface area contributed by atoms with Gasteiger partial charge < -0.3 is 20.3 Å². The Kier molecular flexibility index (Phi) is 6.54. The average molecular weight is 337 g/mol. The Bertz CT molecular complexity index is 545. The Morgan fingerprint density at radius 2 is 1.88 bits per heavy atom. The highest BCUT2D eigenvalue weighted by Crippen LogP contribution is 2.26. The molecule has 0 radical (unpaired) electrons. The highest BCUT2D eigenvalue weighted by molar-refractivity contribution is 5.85. The molecule has 1 aromatic carbocycles. The summed E-state index contributed by atoms with van der Waals surface area (Å²) in [6.45, 7) is 1.48. The topological polar surface area (TPSA) is 70.7 Å². The van der Waals surface area contributed by atoms with Gasteiger partial charge in [-0.2, -0.15) is 0 Å². The van der Waals surface area contributed by atoms with E-state index >= 15 is 0 Å². The number of halogens is 1. The van der Waals surface area contributed by atoms with Gasteiger partial charge >= 0.3 is 6.03 Å². The Labute approximate surface area is 141 Å². The largest absolute Gasteiger partial charge is 0.383 e. The van der Waals surface area contributed by atoms with Gasteiger partial charge in [0, 0.05) is 46.1 Å². The van der Waals surface area contributed by atoms with E-state index in [1.165, 1.54) is 7.11 Å². The quantitative estimate of drug-likeness (QED) is 0.772. The first kappa shape index (κ1) is 18.2. The van der Waals surface area contributed by atoms with Crippen LogP contribution in [0.2, 0.25) is 0 Å². The molecule has 0 unspecified atom stereocenters. The van der Waals surface area contributed by atoms with E-state index in [0.717, 1.165) is 5.56 Å². The molecule has 24 heavy (non-hydrogen) atoms. The molecular weight excluding hydrogens is 313 g/mol. The van der Waals surface area contributed by atoms with Crippen molar-refractivity contribution in [2.45, 2.75) is 25.1 Å². The lowest BCUT2D eigenvalue weighted by atomic mass is 9.92. The van der Waals surface area contributed by atoms with E-state index < -0.39 is 11.6 Å². The van der Waals surface area contributed by atoms with Crippen molar-refractivity contribution in [3.05, 3.63) is 35.9 Å².